The van der Waals surface area contributed by atoms with Gasteiger partial charge in [-0.2, -0.15) is 5.10 Å². The van der Waals surface area contributed by atoms with Gasteiger partial charge in [-0.05, 0) is 82.7 Å². The van der Waals surface area contributed by atoms with E-state index in [1.54, 1.807) is 18.6 Å². The van der Waals surface area contributed by atoms with Gasteiger partial charge in [0.2, 0.25) is 6.41 Å². The zero-order valence-corrected chi connectivity index (χ0v) is 23.6. The maximum absolute atomic E-state index is 13.2. The molecule has 3 aromatic rings. The fraction of sp³-hybridized carbons (Fsp3) is 0.516. The molecule has 1 aromatic carbocycles. The fourth-order valence-corrected chi connectivity index (χ4v) is 6.02. The first kappa shape index (κ1) is 28.4. The van der Waals surface area contributed by atoms with Crippen LogP contribution >= 0.6 is 0 Å². The van der Waals surface area contributed by atoms with Crippen molar-refractivity contribution in [3.05, 3.63) is 83.9 Å². The van der Waals surface area contributed by atoms with E-state index >= 15 is 0 Å². The van der Waals surface area contributed by atoms with Crippen LogP contribution in [0.1, 0.15) is 80.1 Å². The van der Waals surface area contributed by atoms with Crippen LogP contribution in [-0.2, 0) is 11.2 Å². The lowest BCUT2D eigenvalue weighted by molar-refractivity contribution is -0.256. The Labute approximate surface area is 236 Å². The van der Waals surface area contributed by atoms with Crippen molar-refractivity contribution in [1.29, 1.82) is 0 Å². The van der Waals surface area contributed by atoms with Crippen LogP contribution in [0.4, 0.5) is 0 Å². The number of aliphatic hydroxyl groups is 2. The number of amides is 1. The molecule has 0 bridgehead atoms. The normalized spacial score (nSPS) is 22.4. The van der Waals surface area contributed by atoms with Gasteiger partial charge in [-0.15, -0.1) is 0 Å². The number of nitrogens with zero attached hydrogens (tertiary/aromatic N) is 5. The molecule has 2 aliphatic heterocycles. The second kappa shape index (κ2) is 12.2. The molecule has 0 radical (unpaired) electrons. The summed E-state index contributed by atoms with van der Waals surface area (Å²) in [5, 5.41) is 26.7. The quantitative estimate of drug-likeness (QED) is 0.412. The molecule has 9 heteroatoms. The molecular weight excluding hydrogens is 506 g/mol. The first-order chi connectivity index (χ1) is 19.2. The number of carbonyl (C=O) groups is 1. The van der Waals surface area contributed by atoms with Crippen molar-refractivity contribution in [3.63, 3.8) is 0 Å². The molecule has 40 heavy (non-hydrogen) atoms. The van der Waals surface area contributed by atoms with E-state index in [4.69, 9.17) is 4.74 Å². The number of aromatic nitrogens is 3. The number of benzene rings is 1. The van der Waals surface area contributed by atoms with Crippen LogP contribution in [0.5, 0.6) is 0 Å². The largest absolute Gasteiger partial charge is 0.387 e. The molecule has 5 rings (SSSR count). The Morgan fingerprint density at radius 2 is 1.77 bits per heavy atom. The third-order valence-corrected chi connectivity index (χ3v) is 8.03. The Balaban J connectivity index is 1.24. The van der Waals surface area contributed by atoms with E-state index in [-0.39, 0.29) is 18.0 Å². The minimum absolute atomic E-state index is 0.0310. The number of ether oxygens (including phenoxy) is 1. The van der Waals surface area contributed by atoms with Crippen molar-refractivity contribution in [2.45, 2.75) is 89.1 Å². The fourth-order valence-electron chi connectivity index (χ4n) is 6.02. The lowest BCUT2D eigenvalue weighted by atomic mass is 10.0. The smallest absolute Gasteiger partial charge is 0.253 e. The van der Waals surface area contributed by atoms with Crippen LogP contribution in [0.15, 0.2) is 67.3 Å². The molecule has 2 aliphatic rings. The lowest BCUT2D eigenvalue weighted by Crippen LogP contribution is -2.50. The molecule has 4 heterocycles. The summed E-state index contributed by atoms with van der Waals surface area (Å²) in [6.07, 6.45) is 9.17. The highest BCUT2D eigenvalue weighted by Gasteiger charge is 2.43. The summed E-state index contributed by atoms with van der Waals surface area (Å²) in [7, 11) is 0. The highest BCUT2D eigenvalue weighted by Crippen LogP contribution is 2.36. The summed E-state index contributed by atoms with van der Waals surface area (Å²) in [4.78, 5) is 21.2. The Morgan fingerprint density at radius 1 is 1.02 bits per heavy atom. The van der Waals surface area contributed by atoms with E-state index in [0.717, 1.165) is 36.8 Å². The molecule has 0 aliphatic carbocycles. The van der Waals surface area contributed by atoms with Gasteiger partial charge in [0.05, 0.1) is 17.7 Å². The maximum Gasteiger partial charge on any atom is 0.253 e. The van der Waals surface area contributed by atoms with E-state index in [9.17, 15) is 15.0 Å². The van der Waals surface area contributed by atoms with Crippen LogP contribution in [-0.4, -0.2) is 77.9 Å². The van der Waals surface area contributed by atoms with E-state index in [0.29, 0.717) is 31.1 Å². The van der Waals surface area contributed by atoms with Gasteiger partial charge in [-0.3, -0.25) is 14.5 Å². The number of pyridine rings is 1. The summed E-state index contributed by atoms with van der Waals surface area (Å²) in [5.41, 5.74) is 1.93. The predicted octanol–water partition coefficient (Wildman–Crippen LogP) is 3.96. The van der Waals surface area contributed by atoms with Gasteiger partial charge in [0.1, 0.15) is 0 Å². The van der Waals surface area contributed by atoms with Crippen LogP contribution in [0, 0.1) is 0 Å². The number of rotatable bonds is 8. The highest BCUT2D eigenvalue weighted by atomic mass is 16.6. The second-order valence-corrected chi connectivity index (χ2v) is 11.9. The number of carbonyl (C=O) groups excluding carboxylic acids is 1. The van der Waals surface area contributed by atoms with Crippen molar-refractivity contribution in [2.75, 3.05) is 13.1 Å². The van der Waals surface area contributed by atoms with E-state index < -0.39 is 18.1 Å². The first-order valence-corrected chi connectivity index (χ1v) is 14.3. The first-order valence-electron chi connectivity index (χ1n) is 14.3. The third-order valence-electron chi connectivity index (χ3n) is 8.03. The summed E-state index contributed by atoms with van der Waals surface area (Å²) < 4.78 is 7.95. The molecule has 214 valence electrons. The predicted molar refractivity (Wildman–Crippen MR) is 151 cm³/mol. The number of hydrogen-bond donors (Lipinski definition) is 2. The molecule has 4 atom stereocenters. The van der Waals surface area contributed by atoms with E-state index in [1.807, 2.05) is 83.9 Å². The third kappa shape index (κ3) is 6.61. The van der Waals surface area contributed by atoms with Crippen LogP contribution in [0.25, 0.3) is 0 Å². The van der Waals surface area contributed by atoms with Crippen molar-refractivity contribution in [2.24, 2.45) is 0 Å². The SMILES string of the molecule is CC(C)(C)OC(O)N1C(Cc2ccc(C(=O)N3CCC(n4cccn4)CC3)cc2)CCC1C(O)c1cccnc1. The van der Waals surface area contributed by atoms with Gasteiger partial charge in [-0.1, -0.05) is 18.2 Å². The van der Waals surface area contributed by atoms with E-state index in [1.165, 1.54) is 0 Å². The Hall–Kier alpha value is -3.11. The summed E-state index contributed by atoms with van der Waals surface area (Å²) in [6.45, 7) is 7.15. The lowest BCUT2D eigenvalue weighted by Gasteiger charge is -2.38. The van der Waals surface area contributed by atoms with Crippen molar-refractivity contribution in [3.8, 4) is 0 Å². The van der Waals surface area contributed by atoms with Crippen molar-refractivity contribution in [1.82, 2.24) is 24.6 Å². The molecule has 1 amide bonds. The molecule has 4 unspecified atom stereocenters. The van der Waals surface area contributed by atoms with Crippen LogP contribution in [0.3, 0.4) is 0 Å². The molecule has 0 saturated carbocycles. The van der Waals surface area contributed by atoms with E-state index in [2.05, 4.69) is 10.1 Å². The van der Waals surface area contributed by atoms with Crippen LogP contribution in [0.2, 0.25) is 0 Å². The average molecular weight is 548 g/mol. The van der Waals surface area contributed by atoms with Crippen molar-refractivity contribution < 1.29 is 19.7 Å². The summed E-state index contributed by atoms with van der Waals surface area (Å²) in [5.74, 6) is 0.0571. The number of likely N-dealkylation sites (tertiary alicyclic amines) is 2. The highest BCUT2D eigenvalue weighted by molar-refractivity contribution is 5.94. The maximum atomic E-state index is 13.2. The Kier molecular flexibility index (Phi) is 8.65. The van der Waals surface area contributed by atoms with Gasteiger partial charge in [0.25, 0.3) is 5.91 Å². The van der Waals surface area contributed by atoms with Gasteiger partial charge < -0.3 is 19.8 Å². The summed E-state index contributed by atoms with van der Waals surface area (Å²) in [6, 6.07) is 13.4. The number of aliphatic hydroxyl groups excluding tert-OH is 2. The molecule has 9 nitrogen and oxygen atoms in total. The van der Waals surface area contributed by atoms with Crippen molar-refractivity contribution >= 4 is 5.91 Å². The Morgan fingerprint density at radius 3 is 2.40 bits per heavy atom. The molecule has 2 fully saturated rings. The summed E-state index contributed by atoms with van der Waals surface area (Å²) >= 11 is 0. The standard InChI is InChI=1S/C31H41N5O4/c1-31(2,3)40-30(39)36-26(11-12-27(36)28(37)24-6-4-15-32-21-24)20-22-7-9-23(10-8-22)29(38)34-18-13-25(14-19-34)35-17-5-16-33-35/h4-10,15-17,21,25-28,30,37,39H,11-14,18-20H2,1-3H3. The molecule has 2 aromatic heterocycles. The van der Waals surface area contributed by atoms with Gasteiger partial charge in [0, 0.05) is 61.1 Å². The average Bonchev–Trinajstić information content (AvgIpc) is 3.63. The van der Waals surface area contributed by atoms with Gasteiger partial charge in [0.15, 0.2) is 0 Å². The topological polar surface area (TPSA) is 104 Å². The minimum atomic E-state index is -1.16. The zero-order chi connectivity index (χ0) is 28.3. The monoisotopic (exact) mass is 547 g/mol. The number of piperidine rings is 1. The second-order valence-electron chi connectivity index (χ2n) is 11.9. The van der Waals surface area contributed by atoms with Gasteiger partial charge in [-0.25, -0.2) is 4.90 Å². The number of hydrogen-bond acceptors (Lipinski definition) is 7. The Bertz CT molecular complexity index is 1220. The molecule has 2 N–H and O–H groups in total. The minimum Gasteiger partial charge on any atom is -0.387 e. The molecular formula is C31H41N5O4. The van der Waals surface area contributed by atoms with Gasteiger partial charge >= 0.3 is 0 Å². The van der Waals surface area contributed by atoms with Crippen LogP contribution < -0.4 is 0 Å². The zero-order valence-electron chi connectivity index (χ0n) is 23.6. The molecule has 2 saturated heterocycles. The molecule has 0 spiro atoms.